The first-order chi connectivity index (χ1) is 8.52. The van der Waals surface area contributed by atoms with E-state index in [0.29, 0.717) is 12.5 Å². The third-order valence-electron chi connectivity index (χ3n) is 2.97. The van der Waals surface area contributed by atoms with E-state index < -0.39 is 0 Å². The van der Waals surface area contributed by atoms with E-state index in [1.54, 1.807) is 4.90 Å². The van der Waals surface area contributed by atoms with Crippen LogP contribution in [-0.2, 0) is 4.79 Å². The quantitative estimate of drug-likeness (QED) is 0.785. The van der Waals surface area contributed by atoms with Gasteiger partial charge in [0.2, 0.25) is 5.91 Å². The summed E-state index contributed by atoms with van der Waals surface area (Å²) in [5, 5.41) is 3.32. The van der Waals surface area contributed by atoms with Crippen LogP contribution in [-0.4, -0.2) is 25.5 Å². The zero-order valence-electron chi connectivity index (χ0n) is 11.9. The monoisotopic (exact) mass is 248 g/mol. The number of nitrogens with zero attached hydrogens (tertiary/aromatic N) is 1. The van der Waals surface area contributed by atoms with Crippen LogP contribution in [0.1, 0.15) is 32.3 Å². The Kier molecular flexibility index (Phi) is 5.86. The molecule has 1 amide bonds. The van der Waals surface area contributed by atoms with Crippen molar-refractivity contribution in [2.75, 3.05) is 18.5 Å². The molecule has 0 saturated carbocycles. The van der Waals surface area contributed by atoms with E-state index in [4.69, 9.17) is 0 Å². The number of carbonyl (C=O) groups excluding carboxylic acids is 1. The highest BCUT2D eigenvalue weighted by Crippen LogP contribution is 2.18. The number of carbonyl (C=O) groups is 1. The van der Waals surface area contributed by atoms with E-state index in [-0.39, 0.29) is 5.91 Å². The van der Waals surface area contributed by atoms with E-state index in [2.05, 4.69) is 19.2 Å². The van der Waals surface area contributed by atoms with Crippen molar-refractivity contribution in [3.63, 3.8) is 0 Å². The van der Waals surface area contributed by atoms with Gasteiger partial charge in [0.05, 0.1) is 0 Å². The van der Waals surface area contributed by atoms with Crippen molar-refractivity contribution in [2.24, 2.45) is 0 Å². The first-order valence-corrected chi connectivity index (χ1v) is 6.58. The van der Waals surface area contributed by atoms with Crippen LogP contribution in [0.4, 0.5) is 5.69 Å². The summed E-state index contributed by atoms with van der Waals surface area (Å²) in [4.78, 5) is 13.8. The predicted molar refractivity (Wildman–Crippen MR) is 77.0 cm³/mol. The van der Waals surface area contributed by atoms with Gasteiger partial charge in [-0.2, -0.15) is 0 Å². The van der Waals surface area contributed by atoms with Crippen molar-refractivity contribution < 1.29 is 4.79 Å². The van der Waals surface area contributed by atoms with Gasteiger partial charge in [0, 0.05) is 25.2 Å². The topological polar surface area (TPSA) is 32.3 Å². The van der Waals surface area contributed by atoms with Gasteiger partial charge < -0.3 is 10.2 Å². The molecule has 0 radical (unpaired) electrons. The van der Waals surface area contributed by atoms with Crippen LogP contribution in [0.2, 0.25) is 0 Å². The summed E-state index contributed by atoms with van der Waals surface area (Å²) in [6, 6.07) is 8.45. The molecule has 0 bridgehead atoms. The summed E-state index contributed by atoms with van der Waals surface area (Å²) in [6.07, 6.45) is 1.47. The Hall–Kier alpha value is -1.35. The summed E-state index contributed by atoms with van der Waals surface area (Å²) < 4.78 is 0. The molecule has 100 valence electrons. The average molecular weight is 248 g/mol. The van der Waals surface area contributed by atoms with Crippen LogP contribution in [0.25, 0.3) is 0 Å². The fourth-order valence-electron chi connectivity index (χ4n) is 1.87. The molecule has 1 aromatic rings. The number of rotatable bonds is 6. The molecule has 1 aromatic carbocycles. The maximum atomic E-state index is 12.0. The van der Waals surface area contributed by atoms with Crippen LogP contribution in [0.3, 0.4) is 0 Å². The second-order valence-corrected chi connectivity index (χ2v) is 4.95. The molecule has 0 aliphatic heterocycles. The standard InChI is InChI=1S/C15H24N2O/c1-12(2)16-11-7-10-15(18)17(4)14-9-6-5-8-13(14)3/h5-6,8-9,12,16H,7,10-11H2,1-4H3. The van der Waals surface area contributed by atoms with Gasteiger partial charge in [0.15, 0.2) is 0 Å². The Morgan fingerprint density at radius 1 is 1.33 bits per heavy atom. The van der Waals surface area contributed by atoms with Gasteiger partial charge >= 0.3 is 0 Å². The average Bonchev–Trinajstić information content (AvgIpc) is 2.34. The van der Waals surface area contributed by atoms with E-state index in [9.17, 15) is 4.79 Å². The minimum atomic E-state index is 0.176. The van der Waals surface area contributed by atoms with Gasteiger partial charge in [-0.3, -0.25) is 4.79 Å². The lowest BCUT2D eigenvalue weighted by molar-refractivity contribution is -0.118. The Morgan fingerprint density at radius 2 is 2.00 bits per heavy atom. The molecule has 3 nitrogen and oxygen atoms in total. The third kappa shape index (κ3) is 4.49. The number of hydrogen-bond donors (Lipinski definition) is 1. The third-order valence-corrected chi connectivity index (χ3v) is 2.97. The van der Waals surface area contributed by atoms with Crippen LogP contribution < -0.4 is 10.2 Å². The number of amides is 1. The van der Waals surface area contributed by atoms with Crippen LogP contribution in [0.5, 0.6) is 0 Å². The molecule has 0 heterocycles. The number of benzene rings is 1. The summed E-state index contributed by atoms with van der Waals surface area (Å²) in [5.74, 6) is 0.176. The largest absolute Gasteiger partial charge is 0.315 e. The molecule has 0 aliphatic rings. The van der Waals surface area contributed by atoms with E-state index in [1.165, 1.54) is 0 Å². The van der Waals surface area contributed by atoms with Crippen LogP contribution in [0.15, 0.2) is 24.3 Å². The molecule has 0 atom stereocenters. The minimum absolute atomic E-state index is 0.176. The Balaban J connectivity index is 2.45. The van der Waals surface area contributed by atoms with Crippen LogP contribution >= 0.6 is 0 Å². The van der Waals surface area contributed by atoms with Gasteiger partial charge in [-0.25, -0.2) is 0 Å². The highest BCUT2D eigenvalue weighted by Gasteiger charge is 2.11. The van der Waals surface area contributed by atoms with Gasteiger partial charge in [-0.1, -0.05) is 32.0 Å². The molecule has 0 unspecified atom stereocenters. The summed E-state index contributed by atoms with van der Waals surface area (Å²) in [5.41, 5.74) is 2.13. The fourth-order valence-corrected chi connectivity index (χ4v) is 1.87. The lowest BCUT2D eigenvalue weighted by atomic mass is 10.1. The van der Waals surface area contributed by atoms with Crippen molar-refractivity contribution in [3.8, 4) is 0 Å². The lowest BCUT2D eigenvalue weighted by Crippen LogP contribution is -2.29. The van der Waals surface area contributed by atoms with Gasteiger partial charge in [-0.15, -0.1) is 0 Å². The Morgan fingerprint density at radius 3 is 2.61 bits per heavy atom. The maximum Gasteiger partial charge on any atom is 0.226 e. The van der Waals surface area contributed by atoms with Crippen molar-refractivity contribution >= 4 is 11.6 Å². The van der Waals surface area contributed by atoms with Gasteiger partial charge in [-0.05, 0) is 31.5 Å². The second-order valence-electron chi connectivity index (χ2n) is 4.95. The highest BCUT2D eigenvalue weighted by atomic mass is 16.2. The molecular weight excluding hydrogens is 224 g/mol. The molecule has 0 fully saturated rings. The first kappa shape index (κ1) is 14.7. The zero-order valence-corrected chi connectivity index (χ0v) is 11.9. The number of aryl methyl sites for hydroxylation is 1. The number of para-hydroxylation sites is 1. The van der Waals surface area contributed by atoms with Crippen molar-refractivity contribution in [2.45, 2.75) is 39.7 Å². The smallest absolute Gasteiger partial charge is 0.226 e. The molecule has 1 N–H and O–H groups in total. The van der Waals surface area contributed by atoms with E-state index >= 15 is 0 Å². The predicted octanol–water partition coefficient (Wildman–Crippen LogP) is 2.74. The van der Waals surface area contributed by atoms with Crippen molar-refractivity contribution in [3.05, 3.63) is 29.8 Å². The molecule has 0 spiro atoms. The molecule has 3 heteroatoms. The number of hydrogen-bond acceptors (Lipinski definition) is 2. The minimum Gasteiger partial charge on any atom is -0.315 e. The van der Waals surface area contributed by atoms with Crippen molar-refractivity contribution in [1.29, 1.82) is 0 Å². The summed E-state index contributed by atoms with van der Waals surface area (Å²) in [7, 11) is 1.85. The van der Waals surface area contributed by atoms with E-state index in [0.717, 1.165) is 24.2 Å². The molecule has 0 saturated heterocycles. The molecule has 1 rings (SSSR count). The van der Waals surface area contributed by atoms with Crippen molar-refractivity contribution in [1.82, 2.24) is 5.32 Å². The van der Waals surface area contributed by atoms with Gasteiger partial charge in [0.25, 0.3) is 0 Å². The summed E-state index contributed by atoms with van der Waals surface area (Å²) in [6.45, 7) is 7.15. The van der Waals surface area contributed by atoms with Gasteiger partial charge in [0.1, 0.15) is 0 Å². The maximum absolute atomic E-state index is 12.0. The van der Waals surface area contributed by atoms with E-state index in [1.807, 2.05) is 38.2 Å². The highest BCUT2D eigenvalue weighted by molar-refractivity contribution is 5.93. The zero-order chi connectivity index (χ0) is 13.5. The second kappa shape index (κ2) is 7.17. The normalized spacial score (nSPS) is 10.7. The Labute approximate surface area is 110 Å². The number of nitrogens with one attached hydrogen (secondary N) is 1. The molecule has 18 heavy (non-hydrogen) atoms. The number of anilines is 1. The van der Waals surface area contributed by atoms with Crippen LogP contribution in [0, 0.1) is 6.92 Å². The summed E-state index contributed by atoms with van der Waals surface area (Å²) >= 11 is 0. The fraction of sp³-hybridized carbons (Fsp3) is 0.533. The first-order valence-electron chi connectivity index (χ1n) is 6.58. The molecular formula is C15H24N2O. The lowest BCUT2D eigenvalue weighted by Gasteiger charge is -2.19. The SMILES string of the molecule is Cc1ccccc1N(C)C(=O)CCCNC(C)C. The Bertz CT molecular complexity index is 388. The molecule has 0 aliphatic carbocycles. The molecule has 0 aromatic heterocycles.